The zero-order chi connectivity index (χ0) is 29.5. The summed E-state index contributed by atoms with van der Waals surface area (Å²) in [6, 6.07) is 14.7. The molecule has 2 fully saturated rings. The number of aromatic amines is 1. The number of aryl methyl sites for hydroxylation is 2. The summed E-state index contributed by atoms with van der Waals surface area (Å²) in [5, 5.41) is 4.25. The van der Waals surface area contributed by atoms with Gasteiger partial charge in [0.25, 0.3) is 0 Å². The summed E-state index contributed by atoms with van der Waals surface area (Å²) in [7, 11) is 1.85. The number of piperidine rings is 2. The van der Waals surface area contributed by atoms with E-state index in [-0.39, 0.29) is 11.8 Å². The number of benzene rings is 2. The van der Waals surface area contributed by atoms with Crippen molar-refractivity contribution in [1.29, 1.82) is 0 Å². The average Bonchev–Trinajstić information content (AvgIpc) is 3.43. The highest BCUT2D eigenvalue weighted by molar-refractivity contribution is 5.90. The molecule has 1 aromatic heterocycles. The van der Waals surface area contributed by atoms with Crippen LogP contribution in [0.2, 0.25) is 0 Å². The molecule has 1 unspecified atom stereocenters. The Bertz CT molecular complexity index is 1340. The summed E-state index contributed by atoms with van der Waals surface area (Å²) in [5.41, 5.74) is 5.90. The third kappa shape index (κ3) is 7.42. The molecule has 3 heterocycles. The number of hydrogen-bond acceptors (Lipinski definition) is 4. The SMILES string of the molecule is CCc1ccc(CN(C)C(=O)C(Cc2c[nH]c3ccccc23)NC(=O)CN2CCC(N3CCCCC3)CC2)cc1CC. The molecule has 5 rings (SSSR count). The number of rotatable bonds is 11. The number of amides is 2. The van der Waals surface area contributed by atoms with Gasteiger partial charge in [-0.25, -0.2) is 0 Å². The molecule has 2 N–H and O–H groups in total. The van der Waals surface area contributed by atoms with Gasteiger partial charge in [0.2, 0.25) is 11.8 Å². The Morgan fingerprint density at radius 2 is 1.69 bits per heavy atom. The van der Waals surface area contributed by atoms with Crippen LogP contribution in [0.15, 0.2) is 48.7 Å². The van der Waals surface area contributed by atoms with E-state index in [1.165, 1.54) is 43.5 Å². The van der Waals surface area contributed by atoms with Crippen LogP contribution in [0.3, 0.4) is 0 Å². The van der Waals surface area contributed by atoms with Gasteiger partial charge in [0.1, 0.15) is 6.04 Å². The number of nitrogens with one attached hydrogen (secondary N) is 2. The Balaban J connectivity index is 1.25. The standard InChI is InChI=1S/C35H49N5O2/c1-4-27-14-13-26(21-28(27)5-2)24-38(3)35(42)33(22-29-23-36-32-12-8-7-11-31(29)32)37-34(41)25-39-19-15-30(16-20-39)40-17-9-6-10-18-40/h7-8,11-14,21,23,30,33,36H,4-6,9-10,15-20,22,24-25H2,1-3H3,(H,37,41). The summed E-state index contributed by atoms with van der Waals surface area (Å²) in [6.45, 7) is 9.52. The van der Waals surface area contributed by atoms with E-state index in [0.29, 0.717) is 25.6 Å². The second-order valence-corrected chi connectivity index (χ2v) is 12.3. The predicted octanol–water partition coefficient (Wildman–Crippen LogP) is 4.93. The number of likely N-dealkylation sites (tertiary alicyclic amines) is 2. The Morgan fingerprint density at radius 1 is 0.952 bits per heavy atom. The average molecular weight is 572 g/mol. The first-order chi connectivity index (χ1) is 20.4. The van der Waals surface area contributed by atoms with Crippen LogP contribution in [0.25, 0.3) is 10.9 Å². The summed E-state index contributed by atoms with van der Waals surface area (Å²) in [5.74, 6) is -0.131. The first-order valence-electron chi connectivity index (χ1n) is 16.1. The van der Waals surface area contributed by atoms with Crippen molar-refractivity contribution in [2.24, 2.45) is 0 Å². The van der Waals surface area contributed by atoms with Gasteiger partial charge >= 0.3 is 0 Å². The molecule has 2 amide bonds. The van der Waals surface area contributed by atoms with Crippen molar-refractivity contribution in [3.05, 3.63) is 70.9 Å². The zero-order valence-electron chi connectivity index (χ0n) is 25.8. The molecule has 0 radical (unpaired) electrons. The topological polar surface area (TPSA) is 71.7 Å². The number of aromatic nitrogens is 1. The maximum atomic E-state index is 13.9. The van der Waals surface area contributed by atoms with E-state index in [4.69, 9.17) is 0 Å². The van der Waals surface area contributed by atoms with Crippen molar-refractivity contribution < 1.29 is 9.59 Å². The number of carbonyl (C=O) groups excluding carboxylic acids is 2. The minimum Gasteiger partial charge on any atom is -0.361 e. The van der Waals surface area contributed by atoms with E-state index in [1.54, 1.807) is 4.90 Å². The lowest BCUT2D eigenvalue weighted by atomic mass is 9.99. The smallest absolute Gasteiger partial charge is 0.245 e. The molecule has 7 nitrogen and oxygen atoms in total. The second kappa shape index (κ2) is 14.3. The molecule has 3 aromatic rings. The van der Waals surface area contributed by atoms with E-state index in [1.807, 2.05) is 31.4 Å². The van der Waals surface area contributed by atoms with E-state index in [0.717, 1.165) is 60.8 Å². The number of carbonyl (C=O) groups is 2. The number of hydrogen-bond donors (Lipinski definition) is 2. The molecule has 0 aliphatic carbocycles. The number of fused-ring (bicyclic) bond motifs is 1. The lowest BCUT2D eigenvalue weighted by molar-refractivity contribution is -0.136. The van der Waals surface area contributed by atoms with Crippen LogP contribution in [0, 0.1) is 0 Å². The van der Waals surface area contributed by atoms with Gasteiger partial charge in [-0.3, -0.25) is 14.5 Å². The Hall–Kier alpha value is -3.16. The van der Waals surface area contributed by atoms with Crippen LogP contribution in [-0.2, 0) is 35.4 Å². The van der Waals surface area contributed by atoms with Crippen molar-refractivity contribution in [1.82, 2.24) is 25.0 Å². The third-order valence-electron chi connectivity index (χ3n) is 9.39. The van der Waals surface area contributed by atoms with Gasteiger partial charge in [-0.1, -0.05) is 56.7 Å². The molecule has 2 aliphatic rings. The highest BCUT2D eigenvalue weighted by Crippen LogP contribution is 2.22. The molecule has 2 aliphatic heterocycles. The molecular weight excluding hydrogens is 522 g/mol. The van der Waals surface area contributed by atoms with E-state index in [2.05, 4.69) is 58.2 Å². The van der Waals surface area contributed by atoms with Crippen LogP contribution < -0.4 is 5.32 Å². The van der Waals surface area contributed by atoms with E-state index in [9.17, 15) is 9.59 Å². The number of likely N-dealkylation sites (N-methyl/N-ethyl adjacent to an activating group) is 1. The number of nitrogens with zero attached hydrogens (tertiary/aromatic N) is 3. The quantitative estimate of drug-likeness (QED) is 0.343. The van der Waals surface area contributed by atoms with Gasteiger partial charge in [-0.05, 0) is 79.9 Å². The highest BCUT2D eigenvalue weighted by atomic mass is 16.2. The molecule has 1 atom stereocenters. The third-order valence-corrected chi connectivity index (χ3v) is 9.39. The second-order valence-electron chi connectivity index (χ2n) is 12.3. The van der Waals surface area contributed by atoms with Gasteiger partial charge in [-0.15, -0.1) is 0 Å². The predicted molar refractivity (Wildman–Crippen MR) is 170 cm³/mol. The summed E-state index contributed by atoms with van der Waals surface area (Å²) < 4.78 is 0. The summed E-state index contributed by atoms with van der Waals surface area (Å²) in [6.07, 6.45) is 10.6. The molecule has 2 saturated heterocycles. The van der Waals surface area contributed by atoms with Crippen LogP contribution in [0.4, 0.5) is 0 Å². The van der Waals surface area contributed by atoms with Crippen LogP contribution in [0.1, 0.15) is 68.2 Å². The molecule has 0 saturated carbocycles. The first-order valence-corrected chi connectivity index (χ1v) is 16.1. The monoisotopic (exact) mass is 571 g/mol. The summed E-state index contributed by atoms with van der Waals surface area (Å²) in [4.78, 5) is 37.3. The van der Waals surface area contributed by atoms with Gasteiger partial charge in [0.05, 0.1) is 6.54 Å². The minimum absolute atomic E-state index is 0.0601. The lowest BCUT2D eigenvalue weighted by Crippen LogP contribution is -2.52. The maximum Gasteiger partial charge on any atom is 0.245 e. The highest BCUT2D eigenvalue weighted by Gasteiger charge is 2.29. The largest absolute Gasteiger partial charge is 0.361 e. The molecule has 226 valence electrons. The number of H-pyrrole nitrogens is 1. The van der Waals surface area contributed by atoms with Gasteiger partial charge < -0.3 is 20.1 Å². The van der Waals surface area contributed by atoms with Crippen LogP contribution in [0.5, 0.6) is 0 Å². The van der Waals surface area contributed by atoms with Crippen molar-refractivity contribution in [2.75, 3.05) is 39.8 Å². The molecule has 42 heavy (non-hydrogen) atoms. The lowest BCUT2D eigenvalue weighted by Gasteiger charge is -2.40. The zero-order valence-corrected chi connectivity index (χ0v) is 25.8. The van der Waals surface area contributed by atoms with Crippen molar-refractivity contribution in [2.45, 2.75) is 83.8 Å². The molecule has 2 aromatic carbocycles. The first kappa shape index (κ1) is 30.3. The van der Waals surface area contributed by atoms with Crippen LogP contribution in [-0.4, -0.2) is 83.4 Å². The summed E-state index contributed by atoms with van der Waals surface area (Å²) >= 11 is 0. The fraction of sp³-hybridized carbons (Fsp3) is 0.543. The van der Waals surface area contributed by atoms with Gasteiger partial charge in [-0.2, -0.15) is 0 Å². The van der Waals surface area contributed by atoms with Crippen molar-refractivity contribution in [3.8, 4) is 0 Å². The van der Waals surface area contributed by atoms with E-state index < -0.39 is 6.04 Å². The minimum atomic E-state index is -0.631. The normalized spacial score (nSPS) is 17.8. The fourth-order valence-corrected chi connectivity index (χ4v) is 6.96. The molecular formula is C35H49N5O2. The van der Waals surface area contributed by atoms with E-state index >= 15 is 0 Å². The maximum absolute atomic E-state index is 13.9. The van der Waals surface area contributed by atoms with Crippen molar-refractivity contribution >= 4 is 22.7 Å². The molecule has 0 spiro atoms. The van der Waals surface area contributed by atoms with Crippen LogP contribution >= 0.6 is 0 Å². The Labute approximate surface area is 251 Å². The number of para-hydroxylation sites is 1. The van der Waals surface area contributed by atoms with Gasteiger partial charge in [0.15, 0.2) is 0 Å². The Kier molecular flexibility index (Phi) is 10.3. The molecule has 0 bridgehead atoms. The molecule has 7 heteroatoms. The Morgan fingerprint density at radius 3 is 2.43 bits per heavy atom. The van der Waals surface area contributed by atoms with Gasteiger partial charge in [0, 0.05) is 56.2 Å². The van der Waals surface area contributed by atoms with Crippen molar-refractivity contribution in [3.63, 3.8) is 0 Å². The fourth-order valence-electron chi connectivity index (χ4n) is 6.96.